The Morgan fingerprint density at radius 2 is 1.83 bits per heavy atom. The summed E-state index contributed by atoms with van der Waals surface area (Å²) in [4.78, 5) is 10.8. The second-order valence-corrected chi connectivity index (χ2v) is 2.83. The summed E-state index contributed by atoms with van der Waals surface area (Å²) < 4.78 is 9.15. The van der Waals surface area contributed by atoms with E-state index in [4.69, 9.17) is 10.2 Å². The predicted octanol–water partition coefficient (Wildman–Crippen LogP) is -2.65. The maximum absolute atomic E-state index is 10.8. The number of aliphatic hydroxyl groups is 3. The Morgan fingerprint density at radius 1 is 1.17 bits per heavy atom. The van der Waals surface area contributed by atoms with Crippen LogP contribution in [0, 0.1) is 0 Å². The first kappa shape index (κ1) is 7.93. The van der Waals surface area contributed by atoms with E-state index >= 15 is 0 Å². The largest absolute Gasteiger partial charge is 0.454 e. The van der Waals surface area contributed by atoms with Crippen LogP contribution in [-0.4, -0.2) is 52.0 Å². The van der Waals surface area contributed by atoms with Crippen LogP contribution in [0.5, 0.6) is 0 Å². The van der Waals surface area contributed by atoms with Crippen LogP contribution in [0.3, 0.4) is 0 Å². The van der Waals surface area contributed by atoms with E-state index in [2.05, 4.69) is 9.47 Å². The minimum Gasteiger partial charge on any atom is -0.454 e. The molecule has 1 unspecified atom stereocenters. The highest BCUT2D eigenvalue weighted by atomic mass is 16.7. The molecular weight excluding hydrogens is 168 g/mol. The molecule has 6 heteroatoms. The molecule has 0 aromatic heterocycles. The number of esters is 1. The van der Waals surface area contributed by atoms with Gasteiger partial charge in [-0.2, -0.15) is 0 Å². The molecule has 2 aliphatic rings. The molecule has 5 atom stereocenters. The van der Waals surface area contributed by atoms with E-state index in [-0.39, 0.29) is 0 Å². The van der Waals surface area contributed by atoms with Crippen LogP contribution in [-0.2, 0) is 14.3 Å². The average molecular weight is 176 g/mol. The Hall–Kier alpha value is -0.690. The Balaban J connectivity index is 2.25. The molecule has 68 valence electrons. The smallest absolute Gasteiger partial charge is 0.338 e. The number of aliphatic hydroxyl groups excluding tert-OH is 3. The van der Waals surface area contributed by atoms with Gasteiger partial charge in [0.25, 0.3) is 0 Å². The Kier molecular flexibility index (Phi) is 1.58. The number of hydrogen-bond donors (Lipinski definition) is 3. The van der Waals surface area contributed by atoms with Gasteiger partial charge in [-0.3, -0.25) is 0 Å². The SMILES string of the molecule is O=C1O[C@H]2[C@H](O)[C@H]1OC(O)[C@@H]2O. The maximum atomic E-state index is 10.8. The Labute approximate surface area is 67.3 Å². The van der Waals surface area contributed by atoms with Crippen LogP contribution < -0.4 is 0 Å². The number of hydrogen-bond acceptors (Lipinski definition) is 6. The molecule has 0 aromatic carbocycles. The molecule has 2 rings (SSSR count). The van der Waals surface area contributed by atoms with E-state index in [9.17, 15) is 9.90 Å². The second kappa shape index (κ2) is 2.40. The van der Waals surface area contributed by atoms with Gasteiger partial charge in [0.1, 0.15) is 12.2 Å². The van der Waals surface area contributed by atoms with Crippen LogP contribution in [0.15, 0.2) is 0 Å². The van der Waals surface area contributed by atoms with Gasteiger partial charge in [0, 0.05) is 0 Å². The lowest BCUT2D eigenvalue weighted by Crippen LogP contribution is -2.53. The number of fused-ring (bicyclic) bond motifs is 2. The summed E-state index contributed by atoms with van der Waals surface area (Å²) in [6.07, 6.45) is -6.24. The van der Waals surface area contributed by atoms with Gasteiger partial charge in [-0.1, -0.05) is 0 Å². The maximum Gasteiger partial charge on any atom is 0.338 e. The van der Waals surface area contributed by atoms with Gasteiger partial charge in [0.05, 0.1) is 0 Å². The van der Waals surface area contributed by atoms with Crippen LogP contribution >= 0.6 is 0 Å². The van der Waals surface area contributed by atoms with Gasteiger partial charge in [0.2, 0.25) is 0 Å². The summed E-state index contributed by atoms with van der Waals surface area (Å²) in [7, 11) is 0. The highest BCUT2D eigenvalue weighted by Crippen LogP contribution is 2.29. The minimum atomic E-state index is -1.46. The van der Waals surface area contributed by atoms with Crippen molar-refractivity contribution in [2.45, 2.75) is 30.7 Å². The van der Waals surface area contributed by atoms with Crippen molar-refractivity contribution >= 4 is 5.97 Å². The molecule has 0 aromatic rings. The van der Waals surface area contributed by atoms with Gasteiger partial charge < -0.3 is 24.8 Å². The van der Waals surface area contributed by atoms with Gasteiger partial charge in [-0.15, -0.1) is 0 Å². The molecule has 0 radical (unpaired) electrons. The van der Waals surface area contributed by atoms with E-state index in [1.165, 1.54) is 0 Å². The average Bonchev–Trinajstić information content (AvgIpc) is 2.23. The zero-order valence-electron chi connectivity index (χ0n) is 5.95. The van der Waals surface area contributed by atoms with Gasteiger partial charge >= 0.3 is 5.97 Å². The molecule has 2 fully saturated rings. The predicted molar refractivity (Wildman–Crippen MR) is 32.8 cm³/mol. The molecule has 0 saturated carbocycles. The van der Waals surface area contributed by atoms with Gasteiger partial charge in [0.15, 0.2) is 18.5 Å². The molecule has 0 aliphatic carbocycles. The number of ether oxygens (including phenoxy) is 2. The first-order valence-corrected chi connectivity index (χ1v) is 3.51. The second-order valence-electron chi connectivity index (χ2n) is 2.83. The lowest BCUT2D eigenvalue weighted by atomic mass is 10.0. The van der Waals surface area contributed by atoms with Crippen LogP contribution in [0.2, 0.25) is 0 Å². The zero-order chi connectivity index (χ0) is 8.88. The van der Waals surface area contributed by atoms with Crippen molar-refractivity contribution in [3.63, 3.8) is 0 Å². The van der Waals surface area contributed by atoms with Crippen LogP contribution in [0.25, 0.3) is 0 Å². The minimum absolute atomic E-state index is 0.747. The summed E-state index contributed by atoms with van der Waals surface area (Å²) >= 11 is 0. The third-order valence-electron chi connectivity index (χ3n) is 2.05. The topological polar surface area (TPSA) is 96.2 Å². The standard InChI is InChI=1S/C6H8O6/c7-1-3-2(8)5(9)12-4(1)6(10)11-3/h1-5,7-9H/t1-,2+,3-,4+,5?/m0/s1. The zero-order valence-corrected chi connectivity index (χ0v) is 5.95. The normalized spacial score (nSPS) is 52.2. The van der Waals surface area contributed by atoms with Crippen molar-refractivity contribution in [2.75, 3.05) is 0 Å². The molecule has 2 bridgehead atoms. The third kappa shape index (κ3) is 0.862. The molecule has 3 N–H and O–H groups in total. The lowest BCUT2D eigenvalue weighted by Gasteiger charge is -2.30. The van der Waals surface area contributed by atoms with E-state index in [1.807, 2.05) is 0 Å². The highest BCUT2D eigenvalue weighted by Gasteiger charge is 2.55. The Morgan fingerprint density at radius 3 is 2.50 bits per heavy atom. The third-order valence-corrected chi connectivity index (χ3v) is 2.05. The number of rotatable bonds is 0. The number of carbonyl (C=O) groups is 1. The molecule has 2 saturated heterocycles. The van der Waals surface area contributed by atoms with Gasteiger partial charge in [-0.25, -0.2) is 4.79 Å². The first-order chi connectivity index (χ1) is 5.61. The van der Waals surface area contributed by atoms with Crippen molar-refractivity contribution in [3.05, 3.63) is 0 Å². The fraction of sp³-hybridized carbons (Fsp3) is 0.833. The van der Waals surface area contributed by atoms with Gasteiger partial charge in [-0.05, 0) is 0 Å². The molecular formula is C6H8O6. The van der Waals surface area contributed by atoms with Crippen molar-refractivity contribution in [3.8, 4) is 0 Å². The molecule has 2 aliphatic heterocycles. The van der Waals surface area contributed by atoms with Crippen molar-refractivity contribution in [1.82, 2.24) is 0 Å². The number of carbonyl (C=O) groups excluding carboxylic acids is 1. The summed E-state index contributed by atoms with van der Waals surface area (Å²) in [5.74, 6) is -0.747. The van der Waals surface area contributed by atoms with Crippen molar-refractivity contribution < 1.29 is 29.6 Å². The van der Waals surface area contributed by atoms with Crippen molar-refractivity contribution in [1.29, 1.82) is 0 Å². The fourth-order valence-corrected chi connectivity index (χ4v) is 1.38. The van der Waals surface area contributed by atoms with Crippen LogP contribution in [0.1, 0.15) is 0 Å². The van der Waals surface area contributed by atoms with Crippen LogP contribution in [0.4, 0.5) is 0 Å². The van der Waals surface area contributed by atoms with E-state index < -0.39 is 36.7 Å². The lowest BCUT2D eigenvalue weighted by molar-refractivity contribution is -0.242. The molecule has 0 amide bonds. The first-order valence-electron chi connectivity index (χ1n) is 3.51. The Bertz CT molecular complexity index is 216. The molecule has 0 spiro atoms. The summed E-state index contributed by atoms with van der Waals surface area (Å²) in [6, 6.07) is 0. The summed E-state index contributed by atoms with van der Waals surface area (Å²) in [5, 5.41) is 27.3. The fourth-order valence-electron chi connectivity index (χ4n) is 1.38. The van der Waals surface area contributed by atoms with E-state index in [1.54, 1.807) is 0 Å². The molecule has 2 heterocycles. The summed E-state index contributed by atoms with van der Waals surface area (Å²) in [5.41, 5.74) is 0. The quantitative estimate of drug-likeness (QED) is 0.349. The highest BCUT2D eigenvalue weighted by molar-refractivity contribution is 5.78. The van der Waals surface area contributed by atoms with E-state index in [0.717, 1.165) is 0 Å². The van der Waals surface area contributed by atoms with E-state index in [0.29, 0.717) is 0 Å². The summed E-state index contributed by atoms with van der Waals surface area (Å²) in [6.45, 7) is 0. The molecule has 12 heavy (non-hydrogen) atoms. The van der Waals surface area contributed by atoms with Crippen molar-refractivity contribution in [2.24, 2.45) is 0 Å². The molecule has 6 nitrogen and oxygen atoms in total. The monoisotopic (exact) mass is 176 g/mol.